The lowest BCUT2D eigenvalue weighted by atomic mass is 10.1. The number of hydrogen-bond acceptors (Lipinski definition) is 3. The first-order valence-corrected chi connectivity index (χ1v) is 7.04. The van der Waals surface area contributed by atoms with Gasteiger partial charge in [-0.05, 0) is 45.7 Å². The Kier molecular flexibility index (Phi) is 4.25. The zero-order chi connectivity index (χ0) is 13.9. The van der Waals surface area contributed by atoms with E-state index in [1.807, 2.05) is 12.4 Å². The summed E-state index contributed by atoms with van der Waals surface area (Å²) in [6.45, 7) is 11.8. The van der Waals surface area contributed by atoms with Gasteiger partial charge in [-0.2, -0.15) is 0 Å². The van der Waals surface area contributed by atoms with Crippen molar-refractivity contribution in [3.63, 3.8) is 0 Å². The molecule has 1 N–H and O–H groups in total. The van der Waals surface area contributed by atoms with Crippen molar-refractivity contribution in [2.24, 2.45) is 0 Å². The highest BCUT2D eigenvalue weighted by Gasteiger charge is 2.15. The Balaban J connectivity index is 2.12. The molecule has 19 heavy (non-hydrogen) atoms. The Labute approximate surface area is 116 Å². The largest absolute Gasteiger partial charge is 0.366 e. The fourth-order valence-electron chi connectivity index (χ4n) is 2.20. The van der Waals surface area contributed by atoms with E-state index in [9.17, 15) is 0 Å². The summed E-state index contributed by atoms with van der Waals surface area (Å²) in [6, 6.07) is 2.12. The zero-order valence-corrected chi connectivity index (χ0v) is 12.5. The van der Waals surface area contributed by atoms with Crippen LogP contribution in [0.1, 0.15) is 39.7 Å². The molecule has 0 unspecified atom stereocenters. The first kappa shape index (κ1) is 14.1. The van der Waals surface area contributed by atoms with E-state index in [1.54, 1.807) is 0 Å². The average molecular weight is 259 g/mol. The summed E-state index contributed by atoms with van der Waals surface area (Å²) in [5.74, 6) is 0. The summed E-state index contributed by atoms with van der Waals surface area (Å²) in [7, 11) is 0. The van der Waals surface area contributed by atoms with Gasteiger partial charge in [-0.3, -0.25) is 4.98 Å². The SMILES string of the molecule is CC1=CCN(c2cnccc2CNC(C)(C)C)CC1. The molecule has 1 aromatic heterocycles. The van der Waals surface area contributed by atoms with E-state index in [2.05, 4.69) is 55.0 Å². The van der Waals surface area contributed by atoms with Crippen molar-refractivity contribution in [3.8, 4) is 0 Å². The molecule has 0 atom stereocenters. The Morgan fingerprint density at radius 2 is 2.16 bits per heavy atom. The first-order chi connectivity index (χ1) is 8.96. The van der Waals surface area contributed by atoms with Crippen molar-refractivity contribution in [2.45, 2.75) is 46.2 Å². The highest BCUT2D eigenvalue weighted by molar-refractivity contribution is 5.53. The van der Waals surface area contributed by atoms with E-state index in [4.69, 9.17) is 0 Å². The smallest absolute Gasteiger partial charge is 0.0601 e. The molecule has 0 saturated carbocycles. The monoisotopic (exact) mass is 259 g/mol. The predicted molar refractivity (Wildman–Crippen MR) is 81.4 cm³/mol. The Hall–Kier alpha value is -1.35. The normalized spacial score (nSPS) is 16.4. The topological polar surface area (TPSA) is 28.2 Å². The van der Waals surface area contributed by atoms with Gasteiger partial charge in [0.1, 0.15) is 0 Å². The van der Waals surface area contributed by atoms with Crippen LogP contribution in [0, 0.1) is 0 Å². The van der Waals surface area contributed by atoms with Crippen molar-refractivity contribution in [1.82, 2.24) is 10.3 Å². The lowest BCUT2D eigenvalue weighted by molar-refractivity contribution is 0.424. The zero-order valence-electron chi connectivity index (χ0n) is 12.5. The number of aromatic nitrogens is 1. The minimum Gasteiger partial charge on any atom is -0.366 e. The summed E-state index contributed by atoms with van der Waals surface area (Å²) in [5.41, 5.74) is 4.23. The summed E-state index contributed by atoms with van der Waals surface area (Å²) >= 11 is 0. The molecule has 0 fully saturated rings. The molecular formula is C16H25N3. The van der Waals surface area contributed by atoms with Crippen LogP contribution in [0.25, 0.3) is 0 Å². The van der Waals surface area contributed by atoms with Crippen molar-refractivity contribution < 1.29 is 0 Å². The second kappa shape index (κ2) is 5.74. The Bertz CT molecular complexity index is 457. The molecule has 0 aliphatic carbocycles. The second-order valence-electron chi connectivity index (χ2n) is 6.35. The number of anilines is 1. The molecule has 1 aliphatic rings. The molecule has 0 amide bonds. The summed E-state index contributed by atoms with van der Waals surface area (Å²) in [5, 5.41) is 3.56. The summed E-state index contributed by atoms with van der Waals surface area (Å²) < 4.78 is 0. The van der Waals surface area contributed by atoms with Gasteiger partial charge in [0.05, 0.1) is 11.9 Å². The van der Waals surface area contributed by atoms with Crippen LogP contribution in [0.4, 0.5) is 5.69 Å². The van der Waals surface area contributed by atoms with E-state index in [1.165, 1.54) is 16.8 Å². The maximum absolute atomic E-state index is 4.29. The number of hydrogen-bond donors (Lipinski definition) is 1. The van der Waals surface area contributed by atoms with Crippen molar-refractivity contribution >= 4 is 5.69 Å². The molecule has 3 heteroatoms. The molecule has 0 radical (unpaired) electrons. The van der Waals surface area contributed by atoms with Gasteiger partial charge in [0, 0.05) is 31.4 Å². The second-order valence-corrected chi connectivity index (χ2v) is 6.35. The van der Waals surface area contributed by atoms with E-state index < -0.39 is 0 Å². The average Bonchev–Trinajstić information content (AvgIpc) is 2.37. The third-order valence-corrected chi connectivity index (χ3v) is 3.47. The molecule has 0 saturated heterocycles. The van der Waals surface area contributed by atoms with Crippen LogP contribution in [-0.2, 0) is 6.54 Å². The number of rotatable bonds is 3. The van der Waals surface area contributed by atoms with Crippen LogP contribution >= 0.6 is 0 Å². The third-order valence-electron chi connectivity index (χ3n) is 3.47. The van der Waals surface area contributed by atoms with Crippen LogP contribution in [0.2, 0.25) is 0 Å². The highest BCUT2D eigenvalue weighted by Crippen LogP contribution is 2.23. The number of nitrogens with zero attached hydrogens (tertiary/aromatic N) is 2. The van der Waals surface area contributed by atoms with Gasteiger partial charge in [0.15, 0.2) is 0 Å². The van der Waals surface area contributed by atoms with Gasteiger partial charge in [0.2, 0.25) is 0 Å². The number of nitrogens with one attached hydrogen (secondary N) is 1. The van der Waals surface area contributed by atoms with Gasteiger partial charge in [-0.1, -0.05) is 11.6 Å². The summed E-state index contributed by atoms with van der Waals surface area (Å²) in [4.78, 5) is 6.71. The van der Waals surface area contributed by atoms with E-state index in [0.717, 1.165) is 26.1 Å². The molecule has 0 spiro atoms. The molecule has 1 aromatic rings. The fourth-order valence-corrected chi connectivity index (χ4v) is 2.20. The molecule has 0 aromatic carbocycles. The molecular weight excluding hydrogens is 234 g/mol. The lowest BCUT2D eigenvalue weighted by Crippen LogP contribution is -2.36. The van der Waals surface area contributed by atoms with Crippen LogP contribution in [-0.4, -0.2) is 23.6 Å². The van der Waals surface area contributed by atoms with Crippen LogP contribution in [0.5, 0.6) is 0 Å². The standard InChI is InChI=1S/C16H25N3/c1-13-6-9-19(10-7-13)15-12-17-8-5-14(15)11-18-16(2,3)4/h5-6,8,12,18H,7,9-11H2,1-4H3. The molecule has 2 heterocycles. The molecule has 104 valence electrons. The summed E-state index contributed by atoms with van der Waals surface area (Å²) in [6.07, 6.45) is 7.35. The molecule has 1 aliphatic heterocycles. The molecule has 2 rings (SSSR count). The van der Waals surface area contributed by atoms with Crippen molar-refractivity contribution in [3.05, 3.63) is 35.7 Å². The quantitative estimate of drug-likeness (QED) is 0.845. The van der Waals surface area contributed by atoms with Crippen LogP contribution in [0.15, 0.2) is 30.1 Å². The van der Waals surface area contributed by atoms with E-state index in [-0.39, 0.29) is 5.54 Å². The highest BCUT2D eigenvalue weighted by atomic mass is 15.1. The lowest BCUT2D eigenvalue weighted by Gasteiger charge is -2.30. The van der Waals surface area contributed by atoms with Gasteiger partial charge in [-0.15, -0.1) is 0 Å². The van der Waals surface area contributed by atoms with Gasteiger partial charge >= 0.3 is 0 Å². The van der Waals surface area contributed by atoms with Crippen LogP contribution in [0.3, 0.4) is 0 Å². The predicted octanol–water partition coefficient (Wildman–Crippen LogP) is 3.13. The van der Waals surface area contributed by atoms with Crippen molar-refractivity contribution in [1.29, 1.82) is 0 Å². The number of pyridine rings is 1. The maximum Gasteiger partial charge on any atom is 0.0601 e. The molecule has 0 bridgehead atoms. The van der Waals surface area contributed by atoms with E-state index >= 15 is 0 Å². The minimum atomic E-state index is 0.138. The van der Waals surface area contributed by atoms with Crippen LogP contribution < -0.4 is 10.2 Å². The van der Waals surface area contributed by atoms with Gasteiger partial charge in [-0.25, -0.2) is 0 Å². The Morgan fingerprint density at radius 3 is 2.79 bits per heavy atom. The molecule has 3 nitrogen and oxygen atoms in total. The van der Waals surface area contributed by atoms with Gasteiger partial charge < -0.3 is 10.2 Å². The first-order valence-electron chi connectivity index (χ1n) is 7.04. The maximum atomic E-state index is 4.29. The third kappa shape index (κ3) is 4.06. The van der Waals surface area contributed by atoms with Gasteiger partial charge in [0.25, 0.3) is 0 Å². The Morgan fingerprint density at radius 1 is 1.37 bits per heavy atom. The van der Waals surface area contributed by atoms with E-state index in [0.29, 0.717) is 0 Å². The fraction of sp³-hybridized carbons (Fsp3) is 0.562. The minimum absolute atomic E-state index is 0.138. The van der Waals surface area contributed by atoms with Crippen molar-refractivity contribution in [2.75, 3.05) is 18.0 Å².